The van der Waals surface area contributed by atoms with Gasteiger partial charge in [-0.15, -0.1) is 0 Å². The van der Waals surface area contributed by atoms with Crippen molar-refractivity contribution in [2.45, 2.75) is 0 Å². The summed E-state index contributed by atoms with van der Waals surface area (Å²) in [6.07, 6.45) is 1.28. The Morgan fingerprint density at radius 1 is 1.18 bits per heavy atom. The molecule has 2 aromatic carbocycles. The highest BCUT2D eigenvalue weighted by Gasteiger charge is 2.12. The molecule has 2 rings (SSSR count). The van der Waals surface area contributed by atoms with Gasteiger partial charge in [-0.3, -0.25) is 14.9 Å². The van der Waals surface area contributed by atoms with Crippen LogP contribution in [0.1, 0.15) is 15.9 Å². The molecule has 0 aliphatic heterocycles. The smallest absolute Gasteiger partial charge is 0.267 e. The van der Waals surface area contributed by atoms with E-state index in [1.54, 1.807) is 30.3 Å². The van der Waals surface area contributed by atoms with Crippen molar-refractivity contribution in [3.05, 3.63) is 73.8 Å². The Labute approximate surface area is 135 Å². The highest BCUT2D eigenvalue weighted by Crippen LogP contribution is 2.24. The van der Waals surface area contributed by atoms with Gasteiger partial charge in [-0.25, -0.2) is 5.43 Å². The third-order valence-electron chi connectivity index (χ3n) is 2.67. The molecule has 1 amide bonds. The maximum atomic E-state index is 11.8. The fraction of sp³-hybridized carbons (Fsp3) is 0. The fourth-order valence-corrected chi connectivity index (χ4v) is 2.03. The zero-order chi connectivity index (χ0) is 16.1. The van der Waals surface area contributed by atoms with E-state index in [9.17, 15) is 14.9 Å². The predicted molar refractivity (Wildman–Crippen MR) is 84.6 cm³/mol. The average Bonchev–Trinajstić information content (AvgIpc) is 2.49. The second-order valence-electron chi connectivity index (χ2n) is 4.15. The number of carbonyl (C=O) groups excluding carboxylic acids is 1. The summed E-state index contributed by atoms with van der Waals surface area (Å²) in [6, 6.07) is 10.7. The summed E-state index contributed by atoms with van der Waals surface area (Å²) < 4.78 is 0. The summed E-state index contributed by atoms with van der Waals surface area (Å²) >= 11 is 11.6. The molecule has 0 fully saturated rings. The van der Waals surface area contributed by atoms with Crippen LogP contribution in [0, 0.1) is 10.1 Å². The van der Waals surface area contributed by atoms with Crippen molar-refractivity contribution in [3.63, 3.8) is 0 Å². The van der Waals surface area contributed by atoms with E-state index in [0.29, 0.717) is 10.6 Å². The van der Waals surface area contributed by atoms with E-state index in [2.05, 4.69) is 10.5 Å². The lowest BCUT2D eigenvalue weighted by Crippen LogP contribution is -2.17. The molecule has 0 atom stereocenters. The molecule has 0 aliphatic rings. The summed E-state index contributed by atoms with van der Waals surface area (Å²) in [5, 5.41) is 14.8. The lowest BCUT2D eigenvalue weighted by atomic mass is 10.2. The molecule has 1 N–H and O–H groups in total. The summed E-state index contributed by atoms with van der Waals surface area (Å²) in [4.78, 5) is 22.0. The van der Waals surface area contributed by atoms with Crippen LogP contribution in [0.25, 0.3) is 0 Å². The molecule has 112 valence electrons. The number of hydrogen-bond acceptors (Lipinski definition) is 4. The van der Waals surface area contributed by atoms with Crippen molar-refractivity contribution in [2.24, 2.45) is 5.10 Å². The molecule has 0 unspecified atom stereocenters. The van der Waals surface area contributed by atoms with E-state index in [-0.39, 0.29) is 16.3 Å². The number of hydrazone groups is 1. The molecule has 22 heavy (non-hydrogen) atoms. The summed E-state index contributed by atoms with van der Waals surface area (Å²) in [6.45, 7) is 0. The monoisotopic (exact) mass is 337 g/mol. The van der Waals surface area contributed by atoms with E-state index < -0.39 is 10.8 Å². The molecule has 0 saturated carbocycles. The van der Waals surface area contributed by atoms with Crippen molar-refractivity contribution in [3.8, 4) is 0 Å². The lowest BCUT2D eigenvalue weighted by Gasteiger charge is -2.01. The first-order valence-electron chi connectivity index (χ1n) is 6.01. The topological polar surface area (TPSA) is 84.6 Å². The number of benzene rings is 2. The number of nitro benzene ring substituents is 1. The Kier molecular flexibility index (Phi) is 5.08. The molecule has 0 bridgehead atoms. The van der Waals surface area contributed by atoms with Gasteiger partial charge < -0.3 is 0 Å². The molecular weight excluding hydrogens is 329 g/mol. The standard InChI is InChI=1S/C14H9Cl2N3O3/c15-11-4-2-1-3-10(11)14(20)18-17-8-9-5-6-12(16)13(7-9)19(21)22/h1-8H,(H,18,20). The van der Waals surface area contributed by atoms with Crippen LogP contribution in [-0.4, -0.2) is 17.0 Å². The second kappa shape index (κ2) is 7.02. The molecule has 8 heteroatoms. The molecule has 2 aromatic rings. The van der Waals surface area contributed by atoms with Crippen molar-refractivity contribution in [2.75, 3.05) is 0 Å². The number of nitrogens with zero attached hydrogens (tertiary/aromatic N) is 2. The highest BCUT2D eigenvalue weighted by molar-refractivity contribution is 6.33. The van der Waals surface area contributed by atoms with Gasteiger partial charge in [0.2, 0.25) is 0 Å². The van der Waals surface area contributed by atoms with E-state index >= 15 is 0 Å². The summed E-state index contributed by atoms with van der Waals surface area (Å²) in [5.41, 5.74) is 2.77. The minimum absolute atomic E-state index is 0.0299. The van der Waals surface area contributed by atoms with Crippen molar-refractivity contribution >= 4 is 41.0 Å². The SMILES string of the molecule is O=C(NN=Cc1ccc(Cl)c([N+](=O)[O-])c1)c1ccccc1Cl. The van der Waals surface area contributed by atoms with Crippen LogP contribution >= 0.6 is 23.2 Å². The van der Waals surface area contributed by atoms with Crippen molar-refractivity contribution in [1.82, 2.24) is 5.43 Å². The number of rotatable bonds is 4. The molecule has 0 heterocycles. The van der Waals surface area contributed by atoms with Crippen LogP contribution < -0.4 is 5.43 Å². The van der Waals surface area contributed by atoms with Gasteiger partial charge >= 0.3 is 0 Å². The highest BCUT2D eigenvalue weighted by atomic mass is 35.5. The van der Waals surface area contributed by atoms with Gasteiger partial charge in [0, 0.05) is 11.6 Å². The first kappa shape index (κ1) is 15.9. The van der Waals surface area contributed by atoms with E-state index in [4.69, 9.17) is 23.2 Å². The Bertz CT molecular complexity index is 763. The maximum absolute atomic E-state index is 11.8. The van der Waals surface area contributed by atoms with E-state index in [1.165, 1.54) is 18.3 Å². The molecule has 6 nitrogen and oxygen atoms in total. The average molecular weight is 338 g/mol. The Hall–Kier alpha value is -2.44. The van der Waals surface area contributed by atoms with Gasteiger partial charge in [-0.05, 0) is 18.2 Å². The van der Waals surface area contributed by atoms with Crippen LogP contribution in [0.15, 0.2) is 47.6 Å². The first-order valence-corrected chi connectivity index (χ1v) is 6.76. The van der Waals surface area contributed by atoms with Gasteiger partial charge in [0.05, 0.1) is 21.7 Å². The molecule has 0 radical (unpaired) electrons. The summed E-state index contributed by atoms with van der Waals surface area (Å²) in [7, 11) is 0. The summed E-state index contributed by atoms with van der Waals surface area (Å²) in [5.74, 6) is -0.481. The molecule has 0 spiro atoms. The normalized spacial score (nSPS) is 10.6. The molecular formula is C14H9Cl2N3O3. The number of nitro groups is 1. The number of carbonyl (C=O) groups is 1. The number of nitrogens with one attached hydrogen (secondary N) is 1. The van der Waals surface area contributed by atoms with E-state index in [1.807, 2.05) is 0 Å². The van der Waals surface area contributed by atoms with Crippen LogP contribution in [0.4, 0.5) is 5.69 Å². The Balaban J connectivity index is 2.10. The fourth-order valence-electron chi connectivity index (χ4n) is 1.62. The quantitative estimate of drug-likeness (QED) is 0.524. The number of hydrogen-bond donors (Lipinski definition) is 1. The van der Waals surface area contributed by atoms with E-state index in [0.717, 1.165) is 0 Å². The van der Waals surface area contributed by atoms with Crippen LogP contribution in [0.5, 0.6) is 0 Å². The van der Waals surface area contributed by atoms with Crippen LogP contribution in [-0.2, 0) is 0 Å². The molecule has 0 saturated heterocycles. The van der Waals surface area contributed by atoms with Gasteiger partial charge in [0.25, 0.3) is 11.6 Å². The third-order valence-corrected chi connectivity index (χ3v) is 3.31. The maximum Gasteiger partial charge on any atom is 0.288 e. The van der Waals surface area contributed by atoms with Crippen LogP contribution in [0.2, 0.25) is 10.0 Å². The zero-order valence-corrected chi connectivity index (χ0v) is 12.5. The minimum atomic E-state index is -0.595. The van der Waals surface area contributed by atoms with Crippen molar-refractivity contribution < 1.29 is 9.72 Å². The van der Waals surface area contributed by atoms with Crippen LogP contribution in [0.3, 0.4) is 0 Å². The minimum Gasteiger partial charge on any atom is -0.267 e. The first-order chi connectivity index (χ1) is 10.5. The number of amides is 1. The van der Waals surface area contributed by atoms with Gasteiger partial charge in [0.1, 0.15) is 5.02 Å². The predicted octanol–water partition coefficient (Wildman–Crippen LogP) is 3.67. The Morgan fingerprint density at radius 3 is 2.59 bits per heavy atom. The van der Waals surface area contributed by atoms with Gasteiger partial charge in [-0.2, -0.15) is 5.10 Å². The van der Waals surface area contributed by atoms with Gasteiger partial charge in [0.15, 0.2) is 0 Å². The number of halogens is 2. The van der Waals surface area contributed by atoms with Crippen molar-refractivity contribution in [1.29, 1.82) is 0 Å². The lowest BCUT2D eigenvalue weighted by molar-refractivity contribution is -0.384. The largest absolute Gasteiger partial charge is 0.288 e. The zero-order valence-electron chi connectivity index (χ0n) is 11.0. The third kappa shape index (κ3) is 3.81. The van der Waals surface area contributed by atoms with Gasteiger partial charge in [-0.1, -0.05) is 41.4 Å². The Morgan fingerprint density at radius 2 is 1.91 bits per heavy atom. The molecule has 0 aromatic heterocycles. The second-order valence-corrected chi connectivity index (χ2v) is 4.96. The molecule has 0 aliphatic carbocycles.